The van der Waals surface area contributed by atoms with Gasteiger partial charge in [-0.05, 0) is 151 Å². The van der Waals surface area contributed by atoms with E-state index in [2.05, 4.69) is 158 Å². The summed E-state index contributed by atoms with van der Waals surface area (Å²) in [6.07, 6.45) is 0. The van der Waals surface area contributed by atoms with Crippen LogP contribution in [-0.4, -0.2) is 0 Å². The van der Waals surface area contributed by atoms with Crippen molar-refractivity contribution in [3.05, 3.63) is 158 Å². The predicted molar refractivity (Wildman–Crippen MR) is 236 cm³/mol. The van der Waals surface area contributed by atoms with Crippen LogP contribution in [0.1, 0.15) is 0 Å². The molecule has 0 amide bonds. The Morgan fingerprint density at radius 2 is 0.333 bits per heavy atom. The van der Waals surface area contributed by atoms with Gasteiger partial charge in [0.15, 0.2) is 0 Å². The average molecular weight is 675 g/mol. The van der Waals surface area contributed by atoms with Crippen molar-refractivity contribution in [1.82, 2.24) is 0 Å². The molecule has 0 spiro atoms. The van der Waals surface area contributed by atoms with E-state index in [1.54, 1.807) is 0 Å². The highest BCUT2D eigenvalue weighted by Gasteiger charge is 2.24. The number of fused-ring (bicyclic) bond motifs is 4. The lowest BCUT2D eigenvalue weighted by molar-refractivity contribution is 1.80. The first kappa shape index (κ1) is 26.7. The van der Waals surface area contributed by atoms with Crippen LogP contribution in [0.5, 0.6) is 0 Å². The van der Waals surface area contributed by atoms with Gasteiger partial charge in [0, 0.05) is 0 Å². The molecule has 15 rings (SSSR count). The van der Waals surface area contributed by atoms with Gasteiger partial charge in [0.1, 0.15) is 0 Å². The van der Waals surface area contributed by atoms with E-state index in [4.69, 9.17) is 0 Å². The van der Waals surface area contributed by atoms with E-state index < -0.39 is 0 Å². The Kier molecular flexibility index (Phi) is 4.34. The molecule has 0 bridgehead atoms. The van der Waals surface area contributed by atoms with Crippen LogP contribution < -0.4 is 0 Å². The predicted octanol–water partition coefficient (Wildman–Crippen LogP) is 15.6. The second-order valence-electron chi connectivity index (χ2n) is 15.8. The zero-order chi connectivity index (χ0) is 34.6. The molecule has 54 heavy (non-hydrogen) atoms. The minimum atomic E-state index is 1.29. The van der Waals surface area contributed by atoms with Crippen molar-refractivity contribution in [1.29, 1.82) is 0 Å². The van der Waals surface area contributed by atoms with E-state index in [0.717, 1.165) is 0 Å². The summed E-state index contributed by atoms with van der Waals surface area (Å²) >= 11 is 0. The third-order valence-electron chi connectivity index (χ3n) is 13.5. The molecule has 242 valence electrons. The second kappa shape index (κ2) is 8.77. The number of hydrogen-bond donors (Lipinski definition) is 0. The Morgan fingerprint density at radius 3 is 0.630 bits per heavy atom. The van der Waals surface area contributed by atoms with Crippen molar-refractivity contribution in [3.63, 3.8) is 0 Å². The molecule has 0 aliphatic carbocycles. The standard InChI is InChI=1S/C54H26/c1-3-27-7-9-29-11-13-31-15-17-33-19-21-35-24-26-40-52-38-6-2-4-28-8-10-30-12-14-32-16-18-34-20-22-36-23-25-39(54(52)50(36)48(34)46(32)44(30)42(28)38)51-37(5-1)41(27)43(29)45(31)47(33)49(35)53(40)51/h1-26H. The van der Waals surface area contributed by atoms with Gasteiger partial charge in [-0.2, -0.15) is 0 Å². The molecular weight excluding hydrogens is 649 g/mol. The summed E-state index contributed by atoms with van der Waals surface area (Å²) in [5.74, 6) is 0. The molecule has 0 heteroatoms. The maximum Gasteiger partial charge on any atom is -0.000740 e. The highest BCUT2D eigenvalue weighted by Crippen LogP contribution is 2.53. The minimum absolute atomic E-state index is 1.29. The van der Waals surface area contributed by atoms with Gasteiger partial charge in [-0.1, -0.05) is 158 Å². The van der Waals surface area contributed by atoms with Gasteiger partial charge >= 0.3 is 0 Å². The summed E-state index contributed by atoms with van der Waals surface area (Å²) in [5.41, 5.74) is 0. The van der Waals surface area contributed by atoms with Crippen LogP contribution in [0.15, 0.2) is 158 Å². The number of rotatable bonds is 0. The Hall–Kier alpha value is -7.02. The molecule has 0 aliphatic heterocycles. The van der Waals surface area contributed by atoms with Crippen molar-refractivity contribution >= 4 is 151 Å². The van der Waals surface area contributed by atoms with Gasteiger partial charge in [-0.3, -0.25) is 0 Å². The Balaban J connectivity index is 1.44. The van der Waals surface area contributed by atoms with Crippen LogP contribution in [0.4, 0.5) is 0 Å². The first-order valence-electron chi connectivity index (χ1n) is 19.1. The average Bonchev–Trinajstić information content (AvgIpc) is 3.22. The summed E-state index contributed by atoms with van der Waals surface area (Å²) in [5, 5.41) is 37.5. The van der Waals surface area contributed by atoms with Crippen LogP contribution in [0.25, 0.3) is 151 Å². The van der Waals surface area contributed by atoms with E-state index in [0.29, 0.717) is 0 Å². The Morgan fingerprint density at radius 1 is 0.130 bits per heavy atom. The van der Waals surface area contributed by atoms with Gasteiger partial charge in [-0.25, -0.2) is 0 Å². The summed E-state index contributed by atoms with van der Waals surface area (Å²) in [7, 11) is 0. The molecular formula is C54H26. The molecule has 15 aromatic carbocycles. The summed E-state index contributed by atoms with van der Waals surface area (Å²) in [6.45, 7) is 0. The van der Waals surface area contributed by atoms with Crippen LogP contribution in [-0.2, 0) is 0 Å². The lowest BCUT2D eigenvalue weighted by Crippen LogP contribution is -1.94. The minimum Gasteiger partial charge on any atom is -0.0610 e. The number of hydrogen-bond acceptors (Lipinski definition) is 0. The van der Waals surface area contributed by atoms with E-state index >= 15 is 0 Å². The van der Waals surface area contributed by atoms with Crippen molar-refractivity contribution in [2.45, 2.75) is 0 Å². The van der Waals surface area contributed by atoms with Gasteiger partial charge in [0.2, 0.25) is 0 Å². The normalized spacial score (nSPS) is 13.2. The molecule has 0 aliphatic rings. The monoisotopic (exact) mass is 674 g/mol. The molecule has 0 nitrogen and oxygen atoms in total. The van der Waals surface area contributed by atoms with Gasteiger partial charge < -0.3 is 0 Å². The van der Waals surface area contributed by atoms with Crippen molar-refractivity contribution in [2.24, 2.45) is 0 Å². The third-order valence-corrected chi connectivity index (χ3v) is 13.5. The molecule has 0 N–H and O–H groups in total. The first-order valence-corrected chi connectivity index (χ1v) is 19.1. The van der Waals surface area contributed by atoms with E-state index in [1.807, 2.05) is 0 Å². The smallest absolute Gasteiger partial charge is 0.000740 e. The fourth-order valence-electron chi connectivity index (χ4n) is 11.5. The lowest BCUT2D eigenvalue weighted by atomic mass is 9.80. The van der Waals surface area contributed by atoms with Gasteiger partial charge in [0.05, 0.1) is 0 Å². The zero-order valence-corrected chi connectivity index (χ0v) is 29.0. The maximum atomic E-state index is 2.46. The summed E-state index contributed by atoms with van der Waals surface area (Å²) in [6, 6.07) is 61.2. The highest BCUT2D eigenvalue weighted by atomic mass is 14.3. The maximum absolute atomic E-state index is 2.46. The fourth-order valence-corrected chi connectivity index (χ4v) is 11.5. The van der Waals surface area contributed by atoms with Crippen molar-refractivity contribution < 1.29 is 0 Å². The summed E-state index contributed by atoms with van der Waals surface area (Å²) in [4.78, 5) is 0. The fraction of sp³-hybridized carbons (Fsp3) is 0. The number of benzene rings is 13. The molecule has 0 atom stereocenters. The molecule has 0 aromatic heterocycles. The van der Waals surface area contributed by atoms with Crippen LogP contribution in [0, 0.1) is 0 Å². The van der Waals surface area contributed by atoms with E-state index in [1.165, 1.54) is 151 Å². The van der Waals surface area contributed by atoms with Crippen LogP contribution in [0.2, 0.25) is 0 Å². The lowest BCUT2D eigenvalue weighted by Gasteiger charge is -2.23. The van der Waals surface area contributed by atoms with Gasteiger partial charge in [0.25, 0.3) is 0 Å². The zero-order valence-electron chi connectivity index (χ0n) is 29.0. The molecule has 0 saturated carbocycles. The SMILES string of the molecule is c1cc2ccc3ccc4ccc5ccc6ccc7c8c9cccc%10ccc%11ccc%12ccc%13ccc%14ccc(c%15c(c1)c2c3c4c5c6c7%15)c8c%14c%13c%12c%11c%109. The van der Waals surface area contributed by atoms with E-state index in [-0.39, 0.29) is 0 Å². The van der Waals surface area contributed by atoms with E-state index in [9.17, 15) is 0 Å². The molecule has 0 heterocycles. The quantitative estimate of drug-likeness (QED) is 0.111. The molecule has 0 saturated heterocycles. The highest BCUT2D eigenvalue weighted by molar-refractivity contribution is 6.51. The van der Waals surface area contributed by atoms with Crippen LogP contribution in [0.3, 0.4) is 0 Å². The molecule has 15 aromatic rings. The van der Waals surface area contributed by atoms with Crippen molar-refractivity contribution in [3.8, 4) is 0 Å². The first-order chi connectivity index (χ1) is 26.8. The summed E-state index contributed by atoms with van der Waals surface area (Å²) < 4.78 is 0. The largest absolute Gasteiger partial charge is 0.0610 e. The Bertz CT molecular complexity index is 3840. The molecule has 0 fully saturated rings. The second-order valence-corrected chi connectivity index (χ2v) is 15.8. The Labute approximate surface area is 307 Å². The molecule has 0 radical (unpaired) electrons. The van der Waals surface area contributed by atoms with Gasteiger partial charge in [-0.15, -0.1) is 0 Å². The topological polar surface area (TPSA) is 0 Å². The van der Waals surface area contributed by atoms with Crippen molar-refractivity contribution in [2.75, 3.05) is 0 Å². The van der Waals surface area contributed by atoms with Crippen LogP contribution >= 0.6 is 0 Å². The molecule has 0 unspecified atom stereocenters. The third kappa shape index (κ3) is 2.84.